The summed E-state index contributed by atoms with van der Waals surface area (Å²) < 4.78 is 1.82. The maximum atomic E-state index is 12.2. The fraction of sp³-hybridized carbons (Fsp3) is 0.286. The molecule has 6 nitrogen and oxygen atoms in total. The number of hydrogen-bond acceptors (Lipinski definition) is 5. The number of aromatic nitrogens is 3. The molecule has 1 heterocycles. The van der Waals surface area contributed by atoms with Crippen LogP contribution in [0.5, 0.6) is 0 Å². The van der Waals surface area contributed by atoms with Crippen LogP contribution in [0.15, 0.2) is 66.1 Å². The highest BCUT2D eigenvalue weighted by atomic mass is 35.5. The van der Waals surface area contributed by atoms with Crippen LogP contribution in [0.1, 0.15) is 13.3 Å². The first kappa shape index (κ1) is 21.2. The molecule has 2 aromatic carbocycles. The van der Waals surface area contributed by atoms with Gasteiger partial charge in [-0.1, -0.05) is 47.6 Å². The molecule has 0 aliphatic heterocycles. The lowest BCUT2D eigenvalue weighted by Crippen LogP contribution is -2.30. The molecule has 0 aliphatic carbocycles. The fourth-order valence-electron chi connectivity index (χ4n) is 2.91. The van der Waals surface area contributed by atoms with E-state index in [9.17, 15) is 4.79 Å². The van der Waals surface area contributed by atoms with E-state index >= 15 is 0 Å². The van der Waals surface area contributed by atoms with Crippen LogP contribution in [0.25, 0.3) is 5.69 Å². The number of thioether (sulfide) groups is 1. The van der Waals surface area contributed by atoms with Gasteiger partial charge in [-0.05, 0) is 43.7 Å². The minimum Gasteiger partial charge on any atom is -0.372 e. The lowest BCUT2D eigenvalue weighted by Gasteiger charge is -2.23. The molecule has 3 rings (SSSR count). The van der Waals surface area contributed by atoms with Gasteiger partial charge in [-0.2, -0.15) is 0 Å². The summed E-state index contributed by atoms with van der Waals surface area (Å²) in [5, 5.41) is 12.3. The predicted molar refractivity (Wildman–Crippen MR) is 119 cm³/mol. The van der Waals surface area contributed by atoms with Gasteiger partial charge in [0.1, 0.15) is 6.33 Å². The Morgan fingerprint density at radius 1 is 1.21 bits per heavy atom. The van der Waals surface area contributed by atoms with Gasteiger partial charge in [0.15, 0.2) is 5.16 Å². The van der Waals surface area contributed by atoms with E-state index in [2.05, 4.69) is 39.5 Å². The number of amides is 1. The maximum Gasteiger partial charge on any atom is 0.230 e. The molecule has 0 unspecified atom stereocenters. The van der Waals surface area contributed by atoms with Crippen LogP contribution >= 0.6 is 23.4 Å². The summed E-state index contributed by atoms with van der Waals surface area (Å²) in [6, 6.07) is 17.7. The monoisotopic (exact) mass is 429 g/mol. The van der Waals surface area contributed by atoms with Crippen molar-refractivity contribution in [2.45, 2.75) is 18.5 Å². The van der Waals surface area contributed by atoms with Crippen LogP contribution in [0, 0.1) is 0 Å². The van der Waals surface area contributed by atoms with Crippen LogP contribution in [-0.4, -0.2) is 46.1 Å². The summed E-state index contributed by atoms with van der Waals surface area (Å²) in [5.74, 6) is 0.272. The van der Waals surface area contributed by atoms with Crippen molar-refractivity contribution in [1.29, 1.82) is 0 Å². The van der Waals surface area contributed by atoms with Crippen molar-refractivity contribution in [1.82, 2.24) is 20.1 Å². The normalized spacial score (nSPS) is 10.7. The predicted octanol–water partition coefficient (Wildman–Crippen LogP) is 4.05. The number of nitrogens with one attached hydrogen (secondary N) is 1. The minimum absolute atomic E-state index is 0.0154. The van der Waals surface area contributed by atoms with Gasteiger partial charge in [-0.25, -0.2) is 0 Å². The Morgan fingerprint density at radius 2 is 2.03 bits per heavy atom. The minimum atomic E-state index is -0.0154. The molecule has 1 aromatic heterocycles. The number of rotatable bonds is 10. The van der Waals surface area contributed by atoms with Gasteiger partial charge in [0.05, 0.1) is 11.4 Å². The van der Waals surface area contributed by atoms with Gasteiger partial charge in [0, 0.05) is 30.3 Å². The molecule has 0 fully saturated rings. The summed E-state index contributed by atoms with van der Waals surface area (Å²) in [6.07, 6.45) is 2.51. The number of hydrogen-bond donors (Lipinski definition) is 1. The topological polar surface area (TPSA) is 63.1 Å². The number of carbonyl (C=O) groups is 1. The van der Waals surface area contributed by atoms with Crippen LogP contribution in [0.3, 0.4) is 0 Å². The zero-order valence-corrected chi connectivity index (χ0v) is 17.9. The van der Waals surface area contributed by atoms with Crippen molar-refractivity contribution in [2.75, 3.05) is 30.3 Å². The largest absolute Gasteiger partial charge is 0.372 e. The number of anilines is 1. The summed E-state index contributed by atoms with van der Waals surface area (Å²) >= 11 is 7.41. The third kappa shape index (κ3) is 6.24. The molecule has 1 amide bonds. The van der Waals surface area contributed by atoms with Crippen LogP contribution < -0.4 is 10.2 Å². The zero-order chi connectivity index (χ0) is 20.5. The van der Waals surface area contributed by atoms with Gasteiger partial charge < -0.3 is 10.2 Å². The van der Waals surface area contributed by atoms with Crippen molar-refractivity contribution in [3.63, 3.8) is 0 Å². The molecule has 29 heavy (non-hydrogen) atoms. The second kappa shape index (κ2) is 10.9. The van der Waals surface area contributed by atoms with E-state index in [0.29, 0.717) is 16.7 Å². The first-order valence-electron chi connectivity index (χ1n) is 9.53. The third-order valence-electron chi connectivity index (χ3n) is 4.37. The lowest BCUT2D eigenvalue weighted by atomic mass is 10.2. The third-order valence-corrected chi connectivity index (χ3v) is 5.54. The second-order valence-electron chi connectivity index (χ2n) is 6.37. The van der Waals surface area contributed by atoms with E-state index in [1.807, 2.05) is 47.0 Å². The van der Waals surface area contributed by atoms with Crippen molar-refractivity contribution < 1.29 is 4.79 Å². The average molecular weight is 430 g/mol. The molecule has 0 saturated carbocycles. The standard InChI is InChI=1S/C21H24ClN5OS/c1-2-26(18-9-4-3-5-10-18)13-7-12-23-20(28)15-29-21-25-24-16-27(21)19-11-6-8-17(22)14-19/h3-6,8-11,14,16H,2,7,12-13,15H2,1H3,(H,23,28). The Kier molecular flexibility index (Phi) is 7.95. The second-order valence-corrected chi connectivity index (χ2v) is 7.75. The zero-order valence-electron chi connectivity index (χ0n) is 16.3. The molecular weight excluding hydrogens is 406 g/mol. The molecule has 0 radical (unpaired) electrons. The first-order chi connectivity index (χ1) is 14.2. The highest BCUT2D eigenvalue weighted by molar-refractivity contribution is 7.99. The number of benzene rings is 2. The summed E-state index contributed by atoms with van der Waals surface area (Å²) in [5.41, 5.74) is 2.07. The molecule has 0 spiro atoms. The maximum absolute atomic E-state index is 12.2. The van der Waals surface area contributed by atoms with E-state index in [1.165, 1.54) is 17.4 Å². The Morgan fingerprint density at radius 3 is 2.79 bits per heavy atom. The van der Waals surface area contributed by atoms with Crippen molar-refractivity contribution in [2.24, 2.45) is 0 Å². The van der Waals surface area contributed by atoms with Crippen LogP contribution in [0.4, 0.5) is 5.69 Å². The van der Waals surface area contributed by atoms with Gasteiger partial charge in [0.25, 0.3) is 0 Å². The highest BCUT2D eigenvalue weighted by Gasteiger charge is 2.10. The molecule has 1 N–H and O–H groups in total. The van der Waals surface area contributed by atoms with Gasteiger partial charge in [-0.15, -0.1) is 10.2 Å². The molecule has 0 bridgehead atoms. The first-order valence-corrected chi connectivity index (χ1v) is 10.9. The van der Waals surface area contributed by atoms with Crippen LogP contribution in [0.2, 0.25) is 5.02 Å². The van der Waals surface area contributed by atoms with E-state index in [1.54, 1.807) is 6.33 Å². The Labute approximate surface area is 180 Å². The molecule has 3 aromatic rings. The van der Waals surface area contributed by atoms with Crippen molar-refractivity contribution in [3.8, 4) is 5.69 Å². The van der Waals surface area contributed by atoms with Gasteiger partial charge in [-0.3, -0.25) is 9.36 Å². The van der Waals surface area contributed by atoms with Crippen molar-refractivity contribution >= 4 is 35.0 Å². The Balaban J connectivity index is 1.42. The summed E-state index contributed by atoms with van der Waals surface area (Å²) in [7, 11) is 0. The van der Waals surface area contributed by atoms with Crippen molar-refractivity contribution in [3.05, 3.63) is 65.9 Å². The number of halogens is 1. The highest BCUT2D eigenvalue weighted by Crippen LogP contribution is 2.21. The quantitative estimate of drug-likeness (QED) is 0.389. The summed E-state index contributed by atoms with van der Waals surface area (Å²) in [6.45, 7) is 4.62. The lowest BCUT2D eigenvalue weighted by molar-refractivity contribution is -0.118. The molecule has 0 aliphatic rings. The molecule has 152 valence electrons. The van der Waals surface area contributed by atoms with E-state index in [4.69, 9.17) is 11.6 Å². The Bertz CT molecular complexity index is 918. The molecule has 0 saturated heterocycles. The van der Waals surface area contributed by atoms with Gasteiger partial charge >= 0.3 is 0 Å². The summed E-state index contributed by atoms with van der Waals surface area (Å²) in [4.78, 5) is 14.5. The van der Waals surface area contributed by atoms with E-state index in [0.717, 1.165) is 25.2 Å². The fourth-order valence-corrected chi connectivity index (χ4v) is 3.86. The van der Waals surface area contributed by atoms with Crippen LogP contribution in [-0.2, 0) is 4.79 Å². The smallest absolute Gasteiger partial charge is 0.230 e. The van der Waals surface area contributed by atoms with Gasteiger partial charge in [0.2, 0.25) is 5.91 Å². The SMILES string of the molecule is CCN(CCCNC(=O)CSc1nncn1-c1cccc(Cl)c1)c1ccccc1. The number of nitrogens with zero attached hydrogens (tertiary/aromatic N) is 4. The van der Waals surface area contributed by atoms with E-state index in [-0.39, 0.29) is 11.7 Å². The molecule has 8 heteroatoms. The van der Waals surface area contributed by atoms with E-state index < -0.39 is 0 Å². The number of para-hydroxylation sites is 1. The molecular formula is C21H24ClN5OS. The average Bonchev–Trinajstić information content (AvgIpc) is 3.22. The molecule has 0 atom stereocenters. The number of carbonyl (C=O) groups excluding carboxylic acids is 1. The Hall–Kier alpha value is -2.51.